The van der Waals surface area contributed by atoms with Gasteiger partial charge in [-0.25, -0.2) is 0 Å². The molecule has 17 heavy (non-hydrogen) atoms. The van der Waals surface area contributed by atoms with Gasteiger partial charge in [-0.3, -0.25) is 0 Å². The van der Waals surface area contributed by atoms with E-state index in [1.54, 1.807) is 0 Å². The van der Waals surface area contributed by atoms with Gasteiger partial charge in [-0.1, -0.05) is 51.4 Å². The molecule has 0 rings (SSSR count). The molecule has 0 unspecified atom stereocenters. The maximum atomic E-state index is 5.46. The molecule has 1 radical (unpaired) electrons. The SMILES string of the molecule is CN(C)CCCCCCCCCCCCN.[Cu]. The molecule has 0 spiro atoms. The first-order valence-corrected chi connectivity index (χ1v) is 7.12. The summed E-state index contributed by atoms with van der Waals surface area (Å²) in [5.41, 5.74) is 5.46. The topological polar surface area (TPSA) is 29.3 Å². The van der Waals surface area contributed by atoms with Crippen LogP contribution >= 0.6 is 0 Å². The largest absolute Gasteiger partial charge is 0.330 e. The smallest absolute Gasteiger partial charge is 0 e. The van der Waals surface area contributed by atoms with Crippen molar-refractivity contribution in [2.24, 2.45) is 5.73 Å². The van der Waals surface area contributed by atoms with E-state index < -0.39 is 0 Å². The predicted molar refractivity (Wildman–Crippen MR) is 73.8 cm³/mol. The normalized spacial score (nSPS) is 10.6. The Labute approximate surface area is 119 Å². The minimum Gasteiger partial charge on any atom is -0.330 e. The first-order valence-electron chi connectivity index (χ1n) is 7.12. The van der Waals surface area contributed by atoms with E-state index in [9.17, 15) is 0 Å². The van der Waals surface area contributed by atoms with Crippen LogP contribution in [-0.4, -0.2) is 32.1 Å². The Bertz CT molecular complexity index is 129. The number of nitrogens with zero attached hydrogens (tertiary/aromatic N) is 1. The molecule has 0 saturated heterocycles. The number of unbranched alkanes of at least 4 members (excludes halogenated alkanes) is 9. The fourth-order valence-corrected chi connectivity index (χ4v) is 1.99. The summed E-state index contributed by atoms with van der Waals surface area (Å²) in [7, 11) is 4.31. The van der Waals surface area contributed by atoms with Gasteiger partial charge < -0.3 is 10.6 Å². The Kier molecular flexibility index (Phi) is 19.1. The van der Waals surface area contributed by atoms with E-state index in [0.29, 0.717) is 0 Å². The Morgan fingerprint density at radius 3 is 1.35 bits per heavy atom. The maximum absolute atomic E-state index is 5.46. The zero-order valence-corrected chi connectivity index (χ0v) is 12.8. The first-order chi connectivity index (χ1) is 7.77. The zero-order chi connectivity index (χ0) is 12.1. The third-order valence-corrected chi connectivity index (χ3v) is 3.06. The van der Waals surface area contributed by atoms with Crippen molar-refractivity contribution in [3.05, 3.63) is 0 Å². The fourth-order valence-electron chi connectivity index (χ4n) is 1.99. The van der Waals surface area contributed by atoms with Crippen LogP contribution in [0.2, 0.25) is 0 Å². The van der Waals surface area contributed by atoms with Crippen LogP contribution in [0, 0.1) is 0 Å². The molecule has 0 fully saturated rings. The van der Waals surface area contributed by atoms with Crippen LogP contribution in [0.25, 0.3) is 0 Å². The molecular weight excluding hydrogens is 260 g/mol. The van der Waals surface area contributed by atoms with Crippen molar-refractivity contribution in [3.63, 3.8) is 0 Å². The van der Waals surface area contributed by atoms with Crippen LogP contribution in [0.3, 0.4) is 0 Å². The molecule has 0 heterocycles. The number of nitrogens with two attached hydrogens (primary N) is 1. The van der Waals surface area contributed by atoms with Crippen LogP contribution in [0.1, 0.15) is 64.2 Å². The van der Waals surface area contributed by atoms with E-state index >= 15 is 0 Å². The van der Waals surface area contributed by atoms with Crippen molar-refractivity contribution in [2.75, 3.05) is 27.2 Å². The molecule has 0 amide bonds. The van der Waals surface area contributed by atoms with E-state index in [0.717, 1.165) is 6.54 Å². The van der Waals surface area contributed by atoms with Crippen molar-refractivity contribution in [1.29, 1.82) is 0 Å². The van der Waals surface area contributed by atoms with Crippen LogP contribution < -0.4 is 5.73 Å². The summed E-state index contributed by atoms with van der Waals surface area (Å²) in [6.07, 6.45) is 13.8. The summed E-state index contributed by atoms with van der Waals surface area (Å²) < 4.78 is 0. The van der Waals surface area contributed by atoms with E-state index in [1.165, 1.54) is 70.8 Å². The van der Waals surface area contributed by atoms with Gasteiger partial charge in [-0.15, -0.1) is 0 Å². The molecule has 0 aliphatic rings. The van der Waals surface area contributed by atoms with E-state index in [-0.39, 0.29) is 17.1 Å². The summed E-state index contributed by atoms with van der Waals surface area (Å²) in [5.74, 6) is 0. The second-order valence-corrected chi connectivity index (χ2v) is 5.13. The van der Waals surface area contributed by atoms with Gasteiger partial charge in [-0.2, -0.15) is 0 Å². The molecule has 2 nitrogen and oxygen atoms in total. The molecule has 0 aliphatic heterocycles. The monoisotopic (exact) mass is 291 g/mol. The molecule has 0 aliphatic carbocycles. The Hall–Kier alpha value is 0.439. The number of hydrogen-bond acceptors (Lipinski definition) is 2. The predicted octanol–water partition coefficient (Wildman–Crippen LogP) is 3.41. The van der Waals surface area contributed by atoms with Crippen LogP contribution in [-0.2, 0) is 17.1 Å². The number of hydrogen-bond donors (Lipinski definition) is 1. The summed E-state index contributed by atoms with van der Waals surface area (Å²) >= 11 is 0. The van der Waals surface area contributed by atoms with Crippen molar-refractivity contribution in [2.45, 2.75) is 64.2 Å². The third-order valence-electron chi connectivity index (χ3n) is 3.06. The second kappa shape index (κ2) is 16.4. The van der Waals surface area contributed by atoms with Gasteiger partial charge in [0.2, 0.25) is 0 Å². The third kappa shape index (κ3) is 19.0. The minimum atomic E-state index is 0. The molecule has 109 valence electrons. The average molecular weight is 292 g/mol. The minimum absolute atomic E-state index is 0. The molecule has 0 aromatic carbocycles. The van der Waals surface area contributed by atoms with Crippen LogP contribution in [0.15, 0.2) is 0 Å². The fraction of sp³-hybridized carbons (Fsp3) is 1.00. The van der Waals surface area contributed by atoms with Gasteiger partial charge in [0.1, 0.15) is 0 Å². The maximum Gasteiger partial charge on any atom is 0 e. The first kappa shape index (κ1) is 19.8. The van der Waals surface area contributed by atoms with Crippen LogP contribution in [0.5, 0.6) is 0 Å². The number of rotatable bonds is 12. The Balaban J connectivity index is 0. The standard InChI is InChI=1S/C14H32N2.Cu/c1-16(2)14-12-10-8-6-4-3-5-7-9-11-13-15;/h3-15H2,1-2H3;. The van der Waals surface area contributed by atoms with Gasteiger partial charge in [0.15, 0.2) is 0 Å². The molecule has 0 aromatic rings. The van der Waals surface area contributed by atoms with Gasteiger partial charge >= 0.3 is 0 Å². The molecule has 0 saturated carbocycles. The molecule has 0 bridgehead atoms. The molecule has 0 atom stereocenters. The van der Waals surface area contributed by atoms with Crippen molar-refractivity contribution in [3.8, 4) is 0 Å². The Morgan fingerprint density at radius 1 is 0.647 bits per heavy atom. The second-order valence-electron chi connectivity index (χ2n) is 5.13. The quantitative estimate of drug-likeness (QED) is 0.441. The summed E-state index contributed by atoms with van der Waals surface area (Å²) in [4.78, 5) is 2.28. The molecule has 2 N–H and O–H groups in total. The summed E-state index contributed by atoms with van der Waals surface area (Å²) in [5, 5.41) is 0. The average Bonchev–Trinajstić information content (AvgIpc) is 2.25. The van der Waals surface area contributed by atoms with Gasteiger partial charge in [0.25, 0.3) is 0 Å². The van der Waals surface area contributed by atoms with E-state index in [1.807, 2.05) is 0 Å². The van der Waals surface area contributed by atoms with Gasteiger partial charge in [-0.05, 0) is 40.0 Å². The van der Waals surface area contributed by atoms with Crippen LogP contribution in [0.4, 0.5) is 0 Å². The van der Waals surface area contributed by atoms with Crippen molar-refractivity contribution < 1.29 is 17.1 Å². The van der Waals surface area contributed by atoms with Gasteiger partial charge in [0, 0.05) is 17.1 Å². The zero-order valence-electron chi connectivity index (χ0n) is 11.8. The summed E-state index contributed by atoms with van der Waals surface area (Å²) in [6, 6.07) is 0. The summed E-state index contributed by atoms with van der Waals surface area (Å²) in [6.45, 7) is 2.12. The van der Waals surface area contributed by atoms with Gasteiger partial charge in [0.05, 0.1) is 0 Å². The van der Waals surface area contributed by atoms with E-state index in [2.05, 4.69) is 19.0 Å². The molecule has 0 aromatic heterocycles. The van der Waals surface area contributed by atoms with E-state index in [4.69, 9.17) is 5.73 Å². The molecule has 3 heteroatoms. The van der Waals surface area contributed by atoms with Crippen molar-refractivity contribution >= 4 is 0 Å². The Morgan fingerprint density at radius 2 is 1.00 bits per heavy atom. The molecular formula is C14H32CuN2. The van der Waals surface area contributed by atoms with Crippen molar-refractivity contribution in [1.82, 2.24) is 4.90 Å².